The van der Waals surface area contributed by atoms with Crippen molar-refractivity contribution in [2.24, 2.45) is 0 Å². The smallest absolute Gasteiger partial charge is 0.230 e. The quantitative estimate of drug-likeness (QED) is 0.384. The Morgan fingerprint density at radius 2 is 2.00 bits per heavy atom. The first-order chi connectivity index (χ1) is 14.9. The third-order valence-electron chi connectivity index (χ3n) is 4.97. The minimum Gasteiger partial charge on any atom is -0.353 e. The van der Waals surface area contributed by atoms with Gasteiger partial charge in [0.2, 0.25) is 11.8 Å². The minimum atomic E-state index is -0.313. The lowest BCUT2D eigenvalue weighted by Crippen LogP contribution is -2.54. The van der Waals surface area contributed by atoms with Crippen molar-refractivity contribution in [3.63, 3.8) is 0 Å². The zero-order valence-electron chi connectivity index (χ0n) is 17.5. The van der Waals surface area contributed by atoms with Gasteiger partial charge in [0, 0.05) is 44.7 Å². The number of anilines is 1. The van der Waals surface area contributed by atoms with E-state index in [0.717, 1.165) is 5.56 Å². The van der Waals surface area contributed by atoms with Crippen LogP contribution >= 0.6 is 23.4 Å². The molecule has 1 unspecified atom stereocenters. The lowest BCUT2D eigenvalue weighted by atomic mass is 10.1. The van der Waals surface area contributed by atoms with Crippen molar-refractivity contribution in [1.29, 1.82) is 0 Å². The SMILES string of the molecule is CCC(=O)N1CCN(c2cc(Cl)nc(SCC(=O)NCc3ccc(F)cc3)n2)CC1C. The van der Waals surface area contributed by atoms with Gasteiger partial charge >= 0.3 is 0 Å². The molecule has 1 aliphatic heterocycles. The van der Waals surface area contributed by atoms with Crippen molar-refractivity contribution < 1.29 is 14.0 Å². The number of aromatic nitrogens is 2. The average molecular weight is 466 g/mol. The van der Waals surface area contributed by atoms with E-state index >= 15 is 0 Å². The van der Waals surface area contributed by atoms with E-state index in [4.69, 9.17) is 11.6 Å². The number of hydrogen-bond donors (Lipinski definition) is 1. The van der Waals surface area contributed by atoms with E-state index in [1.165, 1.54) is 23.9 Å². The van der Waals surface area contributed by atoms with E-state index in [9.17, 15) is 14.0 Å². The van der Waals surface area contributed by atoms with E-state index in [0.29, 0.717) is 48.7 Å². The van der Waals surface area contributed by atoms with Gasteiger partial charge in [0.1, 0.15) is 16.8 Å². The normalized spacial score (nSPS) is 16.3. The minimum absolute atomic E-state index is 0.0725. The highest BCUT2D eigenvalue weighted by atomic mass is 35.5. The molecule has 1 aliphatic rings. The Morgan fingerprint density at radius 3 is 2.68 bits per heavy atom. The van der Waals surface area contributed by atoms with Gasteiger partial charge in [-0.1, -0.05) is 42.4 Å². The summed E-state index contributed by atoms with van der Waals surface area (Å²) in [5, 5.41) is 3.51. The van der Waals surface area contributed by atoms with Gasteiger partial charge in [-0.2, -0.15) is 0 Å². The lowest BCUT2D eigenvalue weighted by Gasteiger charge is -2.40. The second-order valence-electron chi connectivity index (χ2n) is 7.26. The zero-order valence-corrected chi connectivity index (χ0v) is 19.0. The number of carbonyl (C=O) groups excluding carboxylic acids is 2. The van der Waals surface area contributed by atoms with Crippen molar-refractivity contribution in [1.82, 2.24) is 20.2 Å². The van der Waals surface area contributed by atoms with E-state index in [1.54, 1.807) is 18.2 Å². The molecule has 0 spiro atoms. The number of halogens is 2. The molecule has 1 fully saturated rings. The Hall–Kier alpha value is -2.39. The molecule has 1 atom stereocenters. The number of nitrogens with one attached hydrogen (secondary N) is 1. The van der Waals surface area contributed by atoms with E-state index in [2.05, 4.69) is 20.2 Å². The number of carbonyl (C=O) groups is 2. The maximum Gasteiger partial charge on any atom is 0.230 e. The highest BCUT2D eigenvalue weighted by Crippen LogP contribution is 2.24. The van der Waals surface area contributed by atoms with Crippen molar-refractivity contribution in [3.8, 4) is 0 Å². The van der Waals surface area contributed by atoms with E-state index in [-0.39, 0.29) is 29.4 Å². The van der Waals surface area contributed by atoms with Crippen LogP contribution in [0.2, 0.25) is 5.15 Å². The number of rotatable bonds is 7. The predicted octanol–water partition coefficient (Wildman–Crippen LogP) is 3.12. The van der Waals surface area contributed by atoms with Gasteiger partial charge in [-0.25, -0.2) is 14.4 Å². The summed E-state index contributed by atoms with van der Waals surface area (Å²) in [6.07, 6.45) is 0.494. The standard InChI is InChI=1S/C21H25ClFN5O2S/c1-3-20(30)28-9-8-27(12-14(28)2)18-10-17(22)25-21(26-18)31-13-19(29)24-11-15-4-6-16(23)7-5-15/h4-7,10,14H,3,8-9,11-13H2,1-2H3,(H,24,29). The van der Waals surface area contributed by atoms with Gasteiger partial charge in [-0.3, -0.25) is 9.59 Å². The molecule has 31 heavy (non-hydrogen) atoms. The number of amides is 2. The van der Waals surface area contributed by atoms with Crippen molar-refractivity contribution in [2.45, 2.75) is 38.0 Å². The second-order valence-corrected chi connectivity index (χ2v) is 8.59. The first-order valence-electron chi connectivity index (χ1n) is 10.1. The summed E-state index contributed by atoms with van der Waals surface area (Å²) in [5.41, 5.74) is 0.816. The molecule has 0 bridgehead atoms. The molecule has 2 heterocycles. The molecular weight excluding hydrogens is 441 g/mol. The van der Waals surface area contributed by atoms with Crippen molar-refractivity contribution in [2.75, 3.05) is 30.3 Å². The molecule has 1 aromatic carbocycles. The largest absolute Gasteiger partial charge is 0.353 e. The number of piperazine rings is 1. The summed E-state index contributed by atoms with van der Waals surface area (Å²) in [7, 11) is 0. The summed E-state index contributed by atoms with van der Waals surface area (Å²) in [4.78, 5) is 36.9. The Bertz CT molecular complexity index is 930. The molecule has 10 heteroatoms. The van der Waals surface area contributed by atoms with Crippen LogP contribution in [0.15, 0.2) is 35.5 Å². The Morgan fingerprint density at radius 1 is 1.26 bits per heavy atom. The molecule has 166 valence electrons. The maximum absolute atomic E-state index is 12.9. The Balaban J connectivity index is 1.55. The van der Waals surface area contributed by atoms with Gasteiger partial charge in [0.05, 0.1) is 5.75 Å². The van der Waals surface area contributed by atoms with Crippen molar-refractivity contribution >= 4 is 41.0 Å². The van der Waals surface area contributed by atoms with Crippen LogP contribution in [0, 0.1) is 5.82 Å². The molecule has 2 aromatic rings. The Kier molecular flexibility index (Phi) is 8.09. The fourth-order valence-electron chi connectivity index (χ4n) is 3.34. The summed E-state index contributed by atoms with van der Waals surface area (Å²) < 4.78 is 12.9. The fourth-order valence-corrected chi connectivity index (χ4v) is 4.25. The summed E-state index contributed by atoms with van der Waals surface area (Å²) in [6.45, 7) is 6.14. The van der Waals surface area contributed by atoms with Gasteiger partial charge in [0.25, 0.3) is 0 Å². The van der Waals surface area contributed by atoms with Crippen LogP contribution in [0.1, 0.15) is 25.8 Å². The molecule has 1 aromatic heterocycles. The maximum atomic E-state index is 12.9. The van der Waals surface area contributed by atoms with Crippen LogP contribution in [0.5, 0.6) is 0 Å². The van der Waals surface area contributed by atoms with Gasteiger partial charge in [-0.15, -0.1) is 0 Å². The first-order valence-corrected chi connectivity index (χ1v) is 11.4. The van der Waals surface area contributed by atoms with Crippen LogP contribution in [0.4, 0.5) is 10.2 Å². The van der Waals surface area contributed by atoms with Gasteiger partial charge < -0.3 is 15.1 Å². The van der Waals surface area contributed by atoms with E-state index in [1.807, 2.05) is 18.7 Å². The molecule has 0 aliphatic carbocycles. The van der Waals surface area contributed by atoms with Gasteiger partial charge in [0.15, 0.2) is 5.16 Å². The average Bonchev–Trinajstić information content (AvgIpc) is 2.76. The third kappa shape index (κ3) is 6.54. The molecule has 2 amide bonds. The van der Waals surface area contributed by atoms with Gasteiger partial charge in [-0.05, 0) is 24.6 Å². The highest BCUT2D eigenvalue weighted by Gasteiger charge is 2.27. The number of nitrogens with zero attached hydrogens (tertiary/aromatic N) is 4. The monoisotopic (exact) mass is 465 g/mol. The molecule has 1 saturated heterocycles. The number of hydrogen-bond acceptors (Lipinski definition) is 6. The van der Waals surface area contributed by atoms with Crippen LogP contribution in [-0.4, -0.2) is 58.1 Å². The first kappa shape index (κ1) is 23.3. The summed E-state index contributed by atoms with van der Waals surface area (Å²) in [5.74, 6) is 0.475. The topological polar surface area (TPSA) is 78.4 Å². The molecule has 0 radical (unpaired) electrons. The van der Waals surface area contributed by atoms with Crippen LogP contribution in [0.25, 0.3) is 0 Å². The lowest BCUT2D eigenvalue weighted by molar-refractivity contribution is -0.133. The third-order valence-corrected chi connectivity index (χ3v) is 6.01. The van der Waals surface area contributed by atoms with Crippen LogP contribution in [0.3, 0.4) is 0 Å². The fraction of sp³-hybridized carbons (Fsp3) is 0.429. The Labute approximate surface area is 190 Å². The zero-order chi connectivity index (χ0) is 22.4. The predicted molar refractivity (Wildman–Crippen MR) is 120 cm³/mol. The van der Waals surface area contributed by atoms with Crippen LogP contribution in [-0.2, 0) is 16.1 Å². The van der Waals surface area contributed by atoms with Crippen LogP contribution < -0.4 is 10.2 Å². The second kappa shape index (κ2) is 10.8. The molecule has 3 rings (SSSR count). The van der Waals surface area contributed by atoms with E-state index < -0.39 is 0 Å². The molecule has 0 saturated carbocycles. The van der Waals surface area contributed by atoms with Crippen molar-refractivity contribution in [3.05, 3.63) is 46.9 Å². The number of thioether (sulfide) groups is 1. The molecule has 7 nitrogen and oxygen atoms in total. The number of benzene rings is 1. The highest BCUT2D eigenvalue weighted by molar-refractivity contribution is 7.99. The molecular formula is C21H25ClFN5O2S. The summed E-state index contributed by atoms with van der Waals surface area (Å²) >= 11 is 7.39. The molecule has 1 N–H and O–H groups in total. The summed E-state index contributed by atoms with van der Waals surface area (Å²) in [6, 6.07) is 7.74.